The molecule has 0 spiro atoms. The maximum Gasteiger partial charge on any atom is 0.255 e. The molecule has 7 heteroatoms. The highest BCUT2D eigenvalue weighted by molar-refractivity contribution is 5.94. The molecule has 1 aliphatic heterocycles. The number of hydrogen-bond donors (Lipinski definition) is 1. The van der Waals surface area contributed by atoms with Gasteiger partial charge in [0.1, 0.15) is 6.07 Å². The number of anilines is 1. The standard InChI is InChI=1S/C23H22N6O/c24-12-17-10-19(14-26-13-17)22(18-4-2-1-3-5-18)28-6-8-29(9-7-28)23(30)20-11-21(25)16-27-15-20/h1-5,10-11,13-16,22H,6-9,25H2. The first kappa shape index (κ1) is 19.6. The molecule has 1 aliphatic rings. The van der Waals surface area contributed by atoms with E-state index in [0.29, 0.717) is 43.0 Å². The van der Waals surface area contributed by atoms with E-state index in [1.54, 1.807) is 18.5 Å². The van der Waals surface area contributed by atoms with E-state index in [-0.39, 0.29) is 11.9 Å². The Morgan fingerprint density at radius 2 is 1.70 bits per heavy atom. The smallest absolute Gasteiger partial charge is 0.255 e. The van der Waals surface area contributed by atoms with Crippen molar-refractivity contribution in [2.45, 2.75) is 6.04 Å². The summed E-state index contributed by atoms with van der Waals surface area (Å²) in [4.78, 5) is 25.3. The van der Waals surface area contributed by atoms with Crippen LogP contribution in [0.15, 0.2) is 67.3 Å². The maximum atomic E-state index is 12.8. The van der Waals surface area contributed by atoms with Crippen molar-refractivity contribution in [3.05, 3.63) is 89.5 Å². The number of carbonyl (C=O) groups excluding carboxylic acids is 1. The fraction of sp³-hybridized carbons (Fsp3) is 0.217. The van der Waals surface area contributed by atoms with Crippen LogP contribution in [0.5, 0.6) is 0 Å². The molecule has 1 fully saturated rings. The lowest BCUT2D eigenvalue weighted by Gasteiger charge is -2.39. The molecule has 1 saturated heterocycles. The number of amides is 1. The molecule has 30 heavy (non-hydrogen) atoms. The number of piperazine rings is 1. The monoisotopic (exact) mass is 398 g/mol. The van der Waals surface area contributed by atoms with E-state index >= 15 is 0 Å². The van der Waals surface area contributed by atoms with Crippen molar-refractivity contribution >= 4 is 11.6 Å². The minimum Gasteiger partial charge on any atom is -0.397 e. The van der Waals surface area contributed by atoms with Crippen LogP contribution in [0.3, 0.4) is 0 Å². The Balaban J connectivity index is 1.55. The minimum absolute atomic E-state index is 0.0294. The number of hydrogen-bond acceptors (Lipinski definition) is 6. The van der Waals surface area contributed by atoms with Gasteiger partial charge in [0, 0.05) is 51.0 Å². The van der Waals surface area contributed by atoms with Gasteiger partial charge in [-0.1, -0.05) is 30.3 Å². The minimum atomic E-state index is -0.0566. The van der Waals surface area contributed by atoms with Crippen LogP contribution in [-0.2, 0) is 0 Å². The largest absolute Gasteiger partial charge is 0.397 e. The van der Waals surface area contributed by atoms with E-state index in [4.69, 9.17) is 5.73 Å². The second kappa shape index (κ2) is 8.72. The Morgan fingerprint density at radius 1 is 0.967 bits per heavy atom. The number of benzene rings is 1. The first-order valence-electron chi connectivity index (χ1n) is 9.79. The third kappa shape index (κ3) is 4.14. The number of carbonyl (C=O) groups is 1. The van der Waals surface area contributed by atoms with Gasteiger partial charge in [-0.25, -0.2) is 0 Å². The molecule has 3 heterocycles. The molecule has 1 atom stereocenters. The van der Waals surface area contributed by atoms with Gasteiger partial charge in [-0.2, -0.15) is 5.26 Å². The number of rotatable bonds is 4. The van der Waals surface area contributed by atoms with Crippen molar-refractivity contribution in [3.8, 4) is 6.07 Å². The van der Waals surface area contributed by atoms with Crippen molar-refractivity contribution < 1.29 is 4.79 Å². The predicted molar refractivity (Wildman–Crippen MR) is 113 cm³/mol. The highest BCUT2D eigenvalue weighted by atomic mass is 16.2. The molecule has 0 radical (unpaired) electrons. The fourth-order valence-electron chi connectivity index (χ4n) is 3.86. The normalized spacial score (nSPS) is 15.4. The van der Waals surface area contributed by atoms with Crippen LogP contribution < -0.4 is 5.73 Å². The Morgan fingerprint density at radius 3 is 2.40 bits per heavy atom. The average molecular weight is 398 g/mol. The number of aromatic nitrogens is 2. The lowest BCUT2D eigenvalue weighted by Crippen LogP contribution is -2.49. The number of pyridine rings is 2. The first-order valence-corrected chi connectivity index (χ1v) is 9.79. The first-order chi connectivity index (χ1) is 14.7. The SMILES string of the molecule is N#Cc1cncc(C(c2ccccc2)N2CCN(C(=O)c3cncc(N)c3)CC2)c1. The lowest BCUT2D eigenvalue weighted by atomic mass is 9.96. The van der Waals surface area contributed by atoms with E-state index in [1.807, 2.05) is 35.4 Å². The molecule has 1 aromatic carbocycles. The van der Waals surface area contributed by atoms with E-state index < -0.39 is 0 Å². The fourth-order valence-corrected chi connectivity index (χ4v) is 3.86. The highest BCUT2D eigenvalue weighted by Crippen LogP contribution is 2.29. The van der Waals surface area contributed by atoms with Gasteiger partial charge in [0.2, 0.25) is 0 Å². The van der Waals surface area contributed by atoms with Crippen molar-refractivity contribution in [2.24, 2.45) is 0 Å². The maximum absolute atomic E-state index is 12.8. The Labute approximate surface area is 175 Å². The summed E-state index contributed by atoms with van der Waals surface area (Å²) in [6.07, 6.45) is 6.47. The quantitative estimate of drug-likeness (QED) is 0.725. The van der Waals surface area contributed by atoms with Crippen molar-refractivity contribution in [2.75, 3.05) is 31.9 Å². The summed E-state index contributed by atoms with van der Waals surface area (Å²) in [5.41, 5.74) is 9.40. The molecule has 2 N–H and O–H groups in total. The molecule has 7 nitrogen and oxygen atoms in total. The van der Waals surface area contributed by atoms with Crippen molar-refractivity contribution in [3.63, 3.8) is 0 Å². The second-order valence-corrected chi connectivity index (χ2v) is 7.27. The average Bonchev–Trinajstić information content (AvgIpc) is 2.80. The summed E-state index contributed by atoms with van der Waals surface area (Å²) >= 11 is 0. The third-order valence-electron chi connectivity index (χ3n) is 5.29. The number of nitrogens with zero attached hydrogens (tertiary/aromatic N) is 5. The van der Waals surface area contributed by atoms with Crippen molar-refractivity contribution in [1.29, 1.82) is 5.26 Å². The van der Waals surface area contributed by atoms with Gasteiger partial charge in [0.05, 0.1) is 22.9 Å². The Hall–Kier alpha value is -3.76. The van der Waals surface area contributed by atoms with Crippen LogP contribution in [0, 0.1) is 11.3 Å². The summed E-state index contributed by atoms with van der Waals surface area (Å²) in [6, 6.07) is 15.9. The van der Waals surface area contributed by atoms with Gasteiger partial charge in [-0.15, -0.1) is 0 Å². The highest BCUT2D eigenvalue weighted by Gasteiger charge is 2.29. The molecular weight excluding hydrogens is 376 g/mol. The topological polar surface area (TPSA) is 99.1 Å². The number of nitrogens with two attached hydrogens (primary N) is 1. The predicted octanol–water partition coefficient (Wildman–Crippen LogP) is 2.48. The lowest BCUT2D eigenvalue weighted by molar-refractivity contribution is 0.0597. The zero-order valence-electron chi connectivity index (χ0n) is 16.5. The van der Waals surface area contributed by atoms with Gasteiger partial charge in [0.15, 0.2) is 0 Å². The molecule has 150 valence electrons. The molecule has 1 amide bonds. The molecule has 0 aliphatic carbocycles. The Kier molecular flexibility index (Phi) is 5.68. The van der Waals surface area contributed by atoms with Crippen LogP contribution in [0.2, 0.25) is 0 Å². The molecule has 0 saturated carbocycles. The van der Waals surface area contributed by atoms with Gasteiger partial charge >= 0.3 is 0 Å². The van der Waals surface area contributed by atoms with Gasteiger partial charge in [-0.3, -0.25) is 19.7 Å². The molecule has 4 rings (SSSR count). The summed E-state index contributed by atoms with van der Waals surface area (Å²) < 4.78 is 0. The van der Waals surface area contributed by atoms with Gasteiger partial charge in [-0.05, 0) is 23.3 Å². The number of nitriles is 1. The van der Waals surface area contributed by atoms with Gasteiger partial charge < -0.3 is 10.6 Å². The van der Waals surface area contributed by atoms with Crippen LogP contribution >= 0.6 is 0 Å². The molecule has 0 bridgehead atoms. The van der Waals surface area contributed by atoms with E-state index in [2.05, 4.69) is 33.1 Å². The van der Waals surface area contributed by atoms with Crippen LogP contribution in [0.1, 0.15) is 33.1 Å². The second-order valence-electron chi connectivity index (χ2n) is 7.27. The zero-order chi connectivity index (χ0) is 20.9. The van der Waals surface area contributed by atoms with E-state index in [0.717, 1.165) is 11.1 Å². The third-order valence-corrected chi connectivity index (χ3v) is 5.29. The van der Waals surface area contributed by atoms with Gasteiger partial charge in [0.25, 0.3) is 5.91 Å². The molecule has 1 unspecified atom stereocenters. The molecule has 3 aromatic rings. The zero-order valence-corrected chi connectivity index (χ0v) is 16.5. The summed E-state index contributed by atoms with van der Waals surface area (Å²) in [5, 5.41) is 9.29. The van der Waals surface area contributed by atoms with Crippen LogP contribution in [0.4, 0.5) is 5.69 Å². The van der Waals surface area contributed by atoms with E-state index in [1.165, 1.54) is 6.20 Å². The summed E-state index contributed by atoms with van der Waals surface area (Å²) in [5.74, 6) is -0.0566. The summed E-state index contributed by atoms with van der Waals surface area (Å²) in [7, 11) is 0. The van der Waals surface area contributed by atoms with Crippen LogP contribution in [0.25, 0.3) is 0 Å². The molecular formula is C23H22N6O. The summed E-state index contributed by atoms with van der Waals surface area (Å²) in [6.45, 7) is 2.61. The number of nitrogen functional groups attached to an aromatic ring is 1. The van der Waals surface area contributed by atoms with Crippen LogP contribution in [-0.4, -0.2) is 51.9 Å². The molecule has 2 aromatic heterocycles. The van der Waals surface area contributed by atoms with E-state index in [9.17, 15) is 10.1 Å². The van der Waals surface area contributed by atoms with Crippen molar-refractivity contribution in [1.82, 2.24) is 19.8 Å². The Bertz CT molecular complexity index is 1070.